The van der Waals surface area contributed by atoms with Crippen LogP contribution in [-0.2, 0) is 14.3 Å². The van der Waals surface area contributed by atoms with Crippen molar-refractivity contribution in [3.63, 3.8) is 0 Å². The monoisotopic (exact) mass is 384 g/mol. The van der Waals surface area contributed by atoms with Crippen LogP contribution in [-0.4, -0.2) is 48.3 Å². The van der Waals surface area contributed by atoms with E-state index >= 15 is 0 Å². The maximum atomic E-state index is 9.82. The molecule has 3 aliphatic heterocycles. The van der Waals surface area contributed by atoms with Gasteiger partial charge in [0.2, 0.25) is 0 Å². The fourth-order valence-electron chi connectivity index (χ4n) is 2.69. The van der Waals surface area contributed by atoms with Crippen molar-refractivity contribution in [3.8, 4) is 0 Å². The Morgan fingerprint density at radius 1 is 1.48 bits per heavy atom. The van der Waals surface area contributed by atoms with Crippen molar-refractivity contribution < 1.29 is 18.8 Å². The van der Waals surface area contributed by atoms with Gasteiger partial charge in [0, 0.05) is 42.0 Å². The lowest BCUT2D eigenvalue weighted by Gasteiger charge is -2.26. The number of halogens is 1. The summed E-state index contributed by atoms with van der Waals surface area (Å²) in [5.74, 6) is 0.293. The van der Waals surface area contributed by atoms with E-state index in [0.29, 0.717) is 17.0 Å². The van der Waals surface area contributed by atoms with Crippen molar-refractivity contribution in [2.24, 2.45) is 15.9 Å². The van der Waals surface area contributed by atoms with Crippen molar-refractivity contribution in [2.75, 3.05) is 26.9 Å². The quantitative estimate of drug-likeness (QED) is 0.417. The predicted octanol–water partition coefficient (Wildman–Crippen LogP) is 2.96. The Morgan fingerprint density at radius 3 is 2.74 bits per heavy atom. The summed E-state index contributed by atoms with van der Waals surface area (Å²) in [6.45, 7) is 5.33. The first-order chi connectivity index (χ1) is 11.0. The van der Waals surface area contributed by atoms with Gasteiger partial charge in [0.05, 0.1) is 26.1 Å². The van der Waals surface area contributed by atoms with Crippen molar-refractivity contribution >= 4 is 32.9 Å². The maximum Gasteiger partial charge on any atom is 0.302 e. The van der Waals surface area contributed by atoms with Crippen LogP contribution in [0.1, 0.15) is 26.7 Å². The zero-order chi connectivity index (χ0) is 16.9. The maximum absolute atomic E-state index is 9.82. The van der Waals surface area contributed by atoms with E-state index < -0.39 is 0 Å². The number of amidine groups is 1. The predicted molar refractivity (Wildman–Crippen MR) is 93.1 cm³/mol. The summed E-state index contributed by atoms with van der Waals surface area (Å²) >= 11 is 3.58. The van der Waals surface area contributed by atoms with E-state index in [-0.39, 0.29) is 5.97 Å². The van der Waals surface area contributed by atoms with Crippen molar-refractivity contribution in [1.29, 1.82) is 0 Å². The minimum atomic E-state index is -0.211. The van der Waals surface area contributed by atoms with Gasteiger partial charge in [-0.25, -0.2) is 4.48 Å². The molecule has 1 fully saturated rings. The van der Waals surface area contributed by atoms with Crippen LogP contribution < -0.4 is 0 Å². The molecule has 126 valence electrons. The number of ether oxygens (including phenoxy) is 2. The lowest BCUT2D eigenvalue weighted by Crippen LogP contribution is -2.39. The molecule has 1 saturated heterocycles. The summed E-state index contributed by atoms with van der Waals surface area (Å²) in [6, 6.07) is 0. The molecule has 0 aromatic carbocycles. The first kappa shape index (κ1) is 18.0. The van der Waals surface area contributed by atoms with Crippen molar-refractivity contribution in [2.45, 2.75) is 26.7 Å². The molecule has 1 atom stereocenters. The van der Waals surface area contributed by atoms with Crippen LogP contribution >= 0.6 is 15.9 Å². The number of carbonyl (C=O) groups is 1. The molecule has 0 radical (unpaired) electrons. The Labute approximate surface area is 145 Å². The fourth-order valence-corrected chi connectivity index (χ4v) is 3.19. The molecule has 1 unspecified atom stereocenters. The second-order valence-corrected chi connectivity index (χ2v) is 6.32. The minimum Gasteiger partial charge on any atom is -0.466 e. The fraction of sp³-hybridized carbons (Fsp3) is 0.562. The highest BCUT2D eigenvalue weighted by molar-refractivity contribution is 9.18. The average molecular weight is 385 g/mol. The first-order valence-electron chi connectivity index (χ1n) is 7.76. The molecule has 0 aliphatic carbocycles. The SMILES string of the molecule is CCOC(C)=O.C[N+]12C=CN=CC1=C(C1CCOCC1)N=C2Br. The lowest BCUT2D eigenvalue weighted by molar-refractivity contribution is -0.709. The smallest absolute Gasteiger partial charge is 0.302 e. The Morgan fingerprint density at radius 2 is 2.17 bits per heavy atom. The molecule has 3 aliphatic rings. The number of aliphatic imine (C=N–C) groups is 2. The van der Waals surface area contributed by atoms with Crippen LogP contribution in [0.2, 0.25) is 0 Å². The molecule has 0 aromatic rings. The number of esters is 1. The van der Waals surface area contributed by atoms with E-state index in [1.807, 2.05) is 12.4 Å². The summed E-state index contributed by atoms with van der Waals surface area (Å²) in [5, 5.41) is 0. The van der Waals surface area contributed by atoms with Crippen LogP contribution in [0.25, 0.3) is 0 Å². The van der Waals surface area contributed by atoms with Crippen LogP contribution in [0.4, 0.5) is 0 Å². The van der Waals surface area contributed by atoms with Gasteiger partial charge in [-0.05, 0) is 19.8 Å². The highest BCUT2D eigenvalue weighted by Gasteiger charge is 2.42. The Balaban J connectivity index is 0.000000277. The molecule has 3 rings (SSSR count). The average Bonchev–Trinajstić information content (AvgIpc) is 2.81. The first-order valence-corrected chi connectivity index (χ1v) is 8.56. The van der Waals surface area contributed by atoms with Gasteiger partial charge in [-0.3, -0.25) is 9.79 Å². The van der Waals surface area contributed by atoms with E-state index in [1.54, 1.807) is 6.92 Å². The Bertz CT molecular complexity index is 577. The molecule has 0 N–H and O–H groups in total. The van der Waals surface area contributed by atoms with Gasteiger partial charge in [0.15, 0.2) is 5.70 Å². The second-order valence-electron chi connectivity index (χ2n) is 5.61. The zero-order valence-corrected chi connectivity index (χ0v) is 15.4. The van der Waals surface area contributed by atoms with Crippen molar-refractivity contribution in [1.82, 2.24) is 0 Å². The topological polar surface area (TPSA) is 60.2 Å². The molecule has 0 bridgehead atoms. The summed E-state index contributed by atoms with van der Waals surface area (Å²) in [6.07, 6.45) is 7.92. The number of hydrogen-bond acceptors (Lipinski definition) is 5. The Hall–Kier alpha value is -1.31. The van der Waals surface area contributed by atoms with Gasteiger partial charge in [-0.15, -0.1) is 0 Å². The van der Waals surface area contributed by atoms with E-state index in [4.69, 9.17) is 9.73 Å². The lowest BCUT2D eigenvalue weighted by atomic mass is 9.95. The molecule has 6 nitrogen and oxygen atoms in total. The largest absolute Gasteiger partial charge is 0.466 e. The minimum absolute atomic E-state index is 0.211. The second kappa shape index (κ2) is 7.99. The summed E-state index contributed by atoms with van der Waals surface area (Å²) in [5.41, 5.74) is 2.36. The molecular formula is C16H23BrN3O3+. The standard InChI is InChI=1S/C12H15BrN3O.C4H8O2/c1-16-5-4-14-8-10(16)11(15-12(16)13)9-2-6-17-7-3-9;1-3-6-4(2)5/h4-5,8-9H,2-3,6-7H2,1H3;3H2,1-2H3/q+1;. The third-order valence-corrected chi connectivity index (χ3v) is 4.88. The van der Waals surface area contributed by atoms with Crippen LogP contribution in [0.15, 0.2) is 33.8 Å². The van der Waals surface area contributed by atoms with E-state index in [9.17, 15) is 4.79 Å². The molecule has 0 amide bonds. The third-order valence-electron chi connectivity index (χ3n) is 3.96. The highest BCUT2D eigenvalue weighted by Crippen LogP contribution is 2.38. The summed E-state index contributed by atoms with van der Waals surface area (Å²) in [7, 11) is 2.12. The number of nitrogens with zero attached hydrogens (tertiary/aromatic N) is 3. The van der Waals surface area contributed by atoms with Gasteiger partial charge < -0.3 is 9.47 Å². The Kier molecular flexibility index (Phi) is 6.26. The summed E-state index contributed by atoms with van der Waals surface area (Å²) < 4.78 is 11.4. The molecule has 0 spiro atoms. The van der Waals surface area contributed by atoms with Crippen LogP contribution in [0.5, 0.6) is 0 Å². The molecule has 7 heteroatoms. The molecular weight excluding hydrogens is 362 g/mol. The number of quaternary nitrogens is 1. The van der Waals surface area contributed by atoms with Gasteiger partial charge in [-0.2, -0.15) is 4.99 Å². The number of hydrogen-bond donors (Lipinski definition) is 0. The van der Waals surface area contributed by atoms with Gasteiger partial charge in [-0.1, -0.05) is 0 Å². The molecule has 3 heterocycles. The van der Waals surface area contributed by atoms with Gasteiger partial charge in [0.1, 0.15) is 11.9 Å². The zero-order valence-electron chi connectivity index (χ0n) is 13.8. The summed E-state index contributed by atoms with van der Waals surface area (Å²) in [4.78, 5) is 18.8. The molecule has 0 saturated carbocycles. The molecule has 0 aromatic heterocycles. The van der Waals surface area contributed by atoms with Crippen LogP contribution in [0.3, 0.4) is 0 Å². The normalized spacial score (nSPS) is 26.3. The number of fused-ring (bicyclic) bond motifs is 1. The number of rotatable bonds is 2. The van der Waals surface area contributed by atoms with E-state index in [2.05, 4.69) is 38.9 Å². The van der Waals surface area contributed by atoms with Gasteiger partial charge >= 0.3 is 5.97 Å². The van der Waals surface area contributed by atoms with E-state index in [1.165, 1.54) is 18.3 Å². The highest BCUT2D eigenvalue weighted by atomic mass is 79.9. The molecule has 23 heavy (non-hydrogen) atoms. The van der Waals surface area contributed by atoms with Gasteiger partial charge in [0.25, 0.3) is 4.74 Å². The van der Waals surface area contributed by atoms with Crippen molar-refractivity contribution in [3.05, 3.63) is 23.8 Å². The van der Waals surface area contributed by atoms with Crippen LogP contribution in [0, 0.1) is 5.92 Å². The number of allylic oxidation sites excluding steroid dienone is 2. The third kappa shape index (κ3) is 4.16. The number of carbonyl (C=O) groups excluding carboxylic acids is 1. The van der Waals surface area contributed by atoms with E-state index in [0.717, 1.165) is 30.8 Å².